The molecule has 0 aromatic heterocycles. The van der Waals surface area contributed by atoms with Crippen LogP contribution in [-0.2, 0) is 13.1 Å². The minimum Gasteiger partial charge on any atom is -0.497 e. The average molecular weight is 269 g/mol. The Bertz CT molecular complexity index is 590. The quantitative estimate of drug-likeness (QED) is 0.888. The lowest BCUT2D eigenvalue weighted by Gasteiger charge is -2.11. The smallest absolute Gasteiger partial charge is 0.119 e. The number of methoxy groups -OCH3 is 1. The van der Waals surface area contributed by atoms with E-state index in [1.165, 1.54) is 27.8 Å². The summed E-state index contributed by atoms with van der Waals surface area (Å²) >= 11 is 0. The molecule has 0 aliphatic rings. The van der Waals surface area contributed by atoms with Gasteiger partial charge in [-0.2, -0.15) is 0 Å². The van der Waals surface area contributed by atoms with Gasteiger partial charge in [-0.05, 0) is 60.7 Å². The molecule has 0 radical (unpaired) electrons. The van der Waals surface area contributed by atoms with Crippen LogP contribution in [0.3, 0.4) is 0 Å². The van der Waals surface area contributed by atoms with Crippen molar-refractivity contribution in [1.29, 1.82) is 0 Å². The maximum atomic E-state index is 5.24. The summed E-state index contributed by atoms with van der Waals surface area (Å²) in [5, 5.41) is 3.50. The lowest BCUT2D eigenvalue weighted by molar-refractivity contribution is 0.414. The van der Waals surface area contributed by atoms with E-state index >= 15 is 0 Å². The highest BCUT2D eigenvalue weighted by molar-refractivity contribution is 5.36. The molecule has 1 N–H and O–H groups in total. The van der Waals surface area contributed by atoms with Crippen molar-refractivity contribution < 1.29 is 4.74 Å². The third-order valence-corrected chi connectivity index (χ3v) is 3.73. The number of rotatable bonds is 5. The summed E-state index contributed by atoms with van der Waals surface area (Å²) in [7, 11) is 1.70. The second-order valence-corrected chi connectivity index (χ2v) is 5.32. The van der Waals surface area contributed by atoms with Gasteiger partial charge in [0.2, 0.25) is 0 Å². The van der Waals surface area contributed by atoms with Crippen LogP contribution in [-0.4, -0.2) is 7.11 Å². The van der Waals surface area contributed by atoms with Crippen LogP contribution in [0.1, 0.15) is 27.8 Å². The first-order valence-corrected chi connectivity index (χ1v) is 7.00. The van der Waals surface area contributed by atoms with E-state index in [4.69, 9.17) is 4.74 Å². The van der Waals surface area contributed by atoms with Gasteiger partial charge in [0.1, 0.15) is 5.75 Å². The number of aryl methyl sites for hydroxylation is 3. The summed E-state index contributed by atoms with van der Waals surface area (Å²) in [6, 6.07) is 12.7. The fraction of sp³-hybridized carbons (Fsp3) is 0.333. The van der Waals surface area contributed by atoms with Crippen molar-refractivity contribution in [2.24, 2.45) is 0 Å². The Hall–Kier alpha value is -1.80. The molecule has 2 nitrogen and oxygen atoms in total. The molecule has 0 atom stereocenters. The third-order valence-electron chi connectivity index (χ3n) is 3.73. The summed E-state index contributed by atoms with van der Waals surface area (Å²) in [6.07, 6.45) is 0. The van der Waals surface area contributed by atoms with E-state index in [1.807, 2.05) is 12.1 Å². The normalized spacial score (nSPS) is 10.6. The number of hydrogen-bond donors (Lipinski definition) is 1. The van der Waals surface area contributed by atoms with Gasteiger partial charge in [-0.1, -0.05) is 24.3 Å². The standard InChI is InChI=1S/C18H23NO/c1-13-8-15(3)17(9-14(13)2)12-19-11-16-6-5-7-18(10-16)20-4/h5-10,19H,11-12H2,1-4H3. The minimum atomic E-state index is 0.851. The summed E-state index contributed by atoms with van der Waals surface area (Å²) < 4.78 is 5.24. The van der Waals surface area contributed by atoms with Crippen LogP contribution < -0.4 is 10.1 Å². The van der Waals surface area contributed by atoms with E-state index in [-0.39, 0.29) is 0 Å². The molecule has 2 rings (SSSR count). The third kappa shape index (κ3) is 3.61. The number of benzene rings is 2. The zero-order valence-corrected chi connectivity index (χ0v) is 12.8. The van der Waals surface area contributed by atoms with Crippen molar-refractivity contribution in [2.75, 3.05) is 7.11 Å². The molecule has 0 spiro atoms. The molecule has 0 bridgehead atoms. The van der Waals surface area contributed by atoms with Crippen molar-refractivity contribution in [2.45, 2.75) is 33.9 Å². The fourth-order valence-corrected chi connectivity index (χ4v) is 2.33. The van der Waals surface area contributed by atoms with Crippen LogP contribution in [0.25, 0.3) is 0 Å². The highest BCUT2D eigenvalue weighted by atomic mass is 16.5. The van der Waals surface area contributed by atoms with Gasteiger partial charge in [0.05, 0.1) is 7.11 Å². The summed E-state index contributed by atoms with van der Waals surface area (Å²) in [5.41, 5.74) is 6.68. The second-order valence-electron chi connectivity index (χ2n) is 5.32. The van der Waals surface area contributed by atoms with E-state index in [9.17, 15) is 0 Å². The van der Waals surface area contributed by atoms with Gasteiger partial charge < -0.3 is 10.1 Å². The number of nitrogens with one attached hydrogen (secondary N) is 1. The first-order chi connectivity index (χ1) is 9.60. The molecular formula is C18H23NO. The van der Waals surface area contributed by atoms with Gasteiger partial charge in [0.15, 0.2) is 0 Å². The van der Waals surface area contributed by atoms with Crippen LogP contribution in [0.5, 0.6) is 5.75 Å². The van der Waals surface area contributed by atoms with E-state index in [0.717, 1.165) is 18.8 Å². The fourth-order valence-electron chi connectivity index (χ4n) is 2.33. The van der Waals surface area contributed by atoms with Crippen LogP contribution in [0.2, 0.25) is 0 Å². The molecular weight excluding hydrogens is 246 g/mol. The van der Waals surface area contributed by atoms with Crippen molar-refractivity contribution in [3.05, 3.63) is 64.2 Å². The van der Waals surface area contributed by atoms with Gasteiger partial charge in [0, 0.05) is 13.1 Å². The van der Waals surface area contributed by atoms with Crippen molar-refractivity contribution >= 4 is 0 Å². The first kappa shape index (κ1) is 14.6. The summed E-state index contributed by atoms with van der Waals surface area (Å²) in [5.74, 6) is 0.909. The molecule has 0 saturated heterocycles. The first-order valence-electron chi connectivity index (χ1n) is 7.00. The highest BCUT2D eigenvalue weighted by Crippen LogP contribution is 2.16. The van der Waals surface area contributed by atoms with E-state index in [1.54, 1.807) is 7.11 Å². The topological polar surface area (TPSA) is 21.3 Å². The molecule has 0 aliphatic carbocycles. The van der Waals surface area contributed by atoms with E-state index in [0.29, 0.717) is 0 Å². The molecule has 20 heavy (non-hydrogen) atoms. The van der Waals surface area contributed by atoms with Gasteiger partial charge in [0.25, 0.3) is 0 Å². The largest absolute Gasteiger partial charge is 0.497 e. The zero-order chi connectivity index (χ0) is 14.5. The predicted molar refractivity (Wildman–Crippen MR) is 84.2 cm³/mol. The average Bonchev–Trinajstić information content (AvgIpc) is 2.44. The van der Waals surface area contributed by atoms with Gasteiger partial charge in [-0.15, -0.1) is 0 Å². The Morgan fingerprint density at radius 2 is 1.65 bits per heavy atom. The SMILES string of the molecule is COc1cccc(CNCc2cc(C)c(C)cc2C)c1. The van der Waals surface area contributed by atoms with Gasteiger partial charge in [-0.3, -0.25) is 0 Å². The van der Waals surface area contributed by atoms with E-state index in [2.05, 4.69) is 50.4 Å². The lowest BCUT2D eigenvalue weighted by Crippen LogP contribution is -2.13. The maximum Gasteiger partial charge on any atom is 0.119 e. The Balaban J connectivity index is 1.97. The van der Waals surface area contributed by atoms with Crippen LogP contribution in [0.15, 0.2) is 36.4 Å². The molecule has 106 valence electrons. The summed E-state index contributed by atoms with van der Waals surface area (Å²) in [6.45, 7) is 8.25. The number of ether oxygens (including phenoxy) is 1. The van der Waals surface area contributed by atoms with Crippen LogP contribution in [0.4, 0.5) is 0 Å². The Kier molecular flexibility index (Phi) is 4.80. The molecule has 2 aromatic rings. The van der Waals surface area contributed by atoms with Crippen molar-refractivity contribution in [3.63, 3.8) is 0 Å². The molecule has 0 fully saturated rings. The molecule has 0 aliphatic heterocycles. The van der Waals surface area contributed by atoms with Gasteiger partial charge >= 0.3 is 0 Å². The Labute approximate surface area is 121 Å². The van der Waals surface area contributed by atoms with E-state index < -0.39 is 0 Å². The maximum absolute atomic E-state index is 5.24. The predicted octanol–water partition coefficient (Wildman–Crippen LogP) is 3.91. The highest BCUT2D eigenvalue weighted by Gasteiger charge is 2.02. The molecule has 2 aromatic carbocycles. The Morgan fingerprint density at radius 1 is 0.900 bits per heavy atom. The molecule has 0 saturated carbocycles. The lowest BCUT2D eigenvalue weighted by atomic mass is 10.0. The van der Waals surface area contributed by atoms with Crippen molar-refractivity contribution in [1.82, 2.24) is 5.32 Å². The van der Waals surface area contributed by atoms with Crippen LogP contribution in [0, 0.1) is 20.8 Å². The molecule has 0 heterocycles. The molecule has 0 unspecified atom stereocenters. The van der Waals surface area contributed by atoms with Gasteiger partial charge in [-0.25, -0.2) is 0 Å². The van der Waals surface area contributed by atoms with Crippen LogP contribution >= 0.6 is 0 Å². The molecule has 0 amide bonds. The second kappa shape index (κ2) is 6.58. The zero-order valence-electron chi connectivity index (χ0n) is 12.8. The minimum absolute atomic E-state index is 0.851. The molecule has 2 heteroatoms. The van der Waals surface area contributed by atoms with Crippen molar-refractivity contribution in [3.8, 4) is 5.75 Å². The number of hydrogen-bond acceptors (Lipinski definition) is 2. The monoisotopic (exact) mass is 269 g/mol. The summed E-state index contributed by atoms with van der Waals surface area (Å²) in [4.78, 5) is 0. The Morgan fingerprint density at radius 3 is 2.40 bits per heavy atom.